The second-order valence-corrected chi connectivity index (χ2v) is 6.15. The van der Waals surface area contributed by atoms with E-state index in [0.717, 1.165) is 18.2 Å². The van der Waals surface area contributed by atoms with Crippen LogP contribution in [0.1, 0.15) is 5.56 Å². The zero-order chi connectivity index (χ0) is 15.6. The van der Waals surface area contributed by atoms with Gasteiger partial charge in [0, 0.05) is 0 Å². The van der Waals surface area contributed by atoms with Crippen LogP contribution in [0.2, 0.25) is 5.02 Å². The van der Waals surface area contributed by atoms with E-state index in [0.29, 0.717) is 0 Å². The fraction of sp³-hybridized carbons (Fsp3) is 0. The van der Waals surface area contributed by atoms with Gasteiger partial charge in [0.1, 0.15) is 10.7 Å². The predicted molar refractivity (Wildman–Crippen MR) is 77.8 cm³/mol. The monoisotopic (exact) mass is 325 g/mol. The minimum absolute atomic E-state index is 0.0411. The third-order valence-corrected chi connectivity index (χ3v) is 4.37. The minimum Gasteiger partial charge on any atom is -0.398 e. The molecule has 8 heteroatoms. The van der Waals surface area contributed by atoms with Crippen molar-refractivity contribution in [3.8, 4) is 6.07 Å². The molecule has 0 unspecified atom stereocenters. The van der Waals surface area contributed by atoms with Gasteiger partial charge in [0.2, 0.25) is 0 Å². The van der Waals surface area contributed by atoms with Crippen LogP contribution in [0.4, 0.5) is 15.8 Å². The van der Waals surface area contributed by atoms with Gasteiger partial charge in [-0.15, -0.1) is 0 Å². The summed E-state index contributed by atoms with van der Waals surface area (Å²) in [4.78, 5) is -0.276. The summed E-state index contributed by atoms with van der Waals surface area (Å²) in [5.74, 6) is -0.643. The molecule has 0 aliphatic heterocycles. The van der Waals surface area contributed by atoms with Crippen molar-refractivity contribution in [3.63, 3.8) is 0 Å². The maximum atomic E-state index is 13.0. The molecule has 0 aliphatic rings. The van der Waals surface area contributed by atoms with Crippen LogP contribution in [0.15, 0.2) is 41.3 Å². The molecule has 5 nitrogen and oxygen atoms in total. The van der Waals surface area contributed by atoms with E-state index in [4.69, 9.17) is 22.6 Å². The van der Waals surface area contributed by atoms with Crippen molar-refractivity contribution in [3.05, 3.63) is 52.8 Å². The summed E-state index contributed by atoms with van der Waals surface area (Å²) in [7, 11) is -4.04. The summed E-state index contributed by atoms with van der Waals surface area (Å²) in [5.41, 5.74) is 5.57. The minimum atomic E-state index is -4.04. The highest BCUT2D eigenvalue weighted by Gasteiger charge is 2.19. The molecule has 0 bridgehead atoms. The van der Waals surface area contributed by atoms with Gasteiger partial charge in [-0.3, -0.25) is 4.72 Å². The Morgan fingerprint density at radius 1 is 1.24 bits per heavy atom. The Hall–Kier alpha value is -2.30. The number of nitrogens with two attached hydrogens (primary N) is 1. The van der Waals surface area contributed by atoms with Crippen LogP contribution in [0.5, 0.6) is 0 Å². The second-order valence-electron chi connectivity index (χ2n) is 4.09. The number of hydrogen-bond donors (Lipinski definition) is 2. The van der Waals surface area contributed by atoms with Crippen LogP contribution in [0.25, 0.3) is 0 Å². The van der Waals surface area contributed by atoms with Crippen LogP contribution in [-0.4, -0.2) is 8.42 Å². The van der Waals surface area contributed by atoms with Gasteiger partial charge in [-0.05, 0) is 36.4 Å². The number of hydrogen-bond acceptors (Lipinski definition) is 4. The van der Waals surface area contributed by atoms with Gasteiger partial charge in [0.25, 0.3) is 10.0 Å². The number of anilines is 2. The number of benzene rings is 2. The predicted octanol–water partition coefficient (Wildman–Crippen LogP) is 2.73. The van der Waals surface area contributed by atoms with Crippen LogP contribution >= 0.6 is 11.6 Å². The van der Waals surface area contributed by atoms with E-state index < -0.39 is 15.8 Å². The Balaban J connectivity index is 2.45. The summed E-state index contributed by atoms with van der Waals surface area (Å²) < 4.78 is 39.7. The lowest BCUT2D eigenvalue weighted by atomic mass is 10.2. The molecule has 2 rings (SSSR count). The molecule has 21 heavy (non-hydrogen) atoms. The third kappa shape index (κ3) is 3.24. The highest BCUT2D eigenvalue weighted by atomic mass is 35.5. The van der Waals surface area contributed by atoms with Gasteiger partial charge < -0.3 is 5.73 Å². The van der Waals surface area contributed by atoms with Crippen LogP contribution < -0.4 is 10.5 Å². The molecule has 2 aromatic rings. The summed E-state index contributed by atoms with van der Waals surface area (Å²) in [6.45, 7) is 0. The number of nitriles is 1. The molecule has 108 valence electrons. The SMILES string of the molecule is N#Cc1ccc(Cl)c(NS(=O)(=O)c2ccc(F)cc2N)c1. The lowest BCUT2D eigenvalue weighted by Gasteiger charge is -2.11. The van der Waals surface area contributed by atoms with Crippen molar-refractivity contribution < 1.29 is 12.8 Å². The number of rotatable bonds is 3. The van der Waals surface area contributed by atoms with Crippen molar-refractivity contribution in [2.24, 2.45) is 0 Å². The molecule has 0 fully saturated rings. The molecule has 0 atom stereocenters. The fourth-order valence-electron chi connectivity index (χ4n) is 1.64. The van der Waals surface area contributed by atoms with E-state index >= 15 is 0 Å². The smallest absolute Gasteiger partial charge is 0.263 e. The molecular formula is C13H9ClFN3O2S. The Morgan fingerprint density at radius 3 is 2.57 bits per heavy atom. The van der Waals surface area contributed by atoms with E-state index in [1.165, 1.54) is 18.2 Å². The third-order valence-electron chi connectivity index (χ3n) is 2.60. The van der Waals surface area contributed by atoms with Gasteiger partial charge >= 0.3 is 0 Å². The summed E-state index contributed by atoms with van der Waals surface area (Å²) >= 11 is 5.88. The van der Waals surface area contributed by atoms with E-state index in [9.17, 15) is 12.8 Å². The van der Waals surface area contributed by atoms with Crippen molar-refractivity contribution >= 4 is 33.0 Å². The maximum absolute atomic E-state index is 13.0. The molecule has 0 spiro atoms. The van der Waals surface area contributed by atoms with Gasteiger partial charge in [0.15, 0.2) is 0 Å². The van der Waals surface area contributed by atoms with Crippen molar-refractivity contribution in [2.45, 2.75) is 4.90 Å². The Kier molecular flexibility index (Phi) is 4.02. The van der Waals surface area contributed by atoms with Crippen molar-refractivity contribution in [1.82, 2.24) is 0 Å². The molecule has 0 aliphatic carbocycles. The zero-order valence-electron chi connectivity index (χ0n) is 10.5. The number of halogens is 2. The lowest BCUT2D eigenvalue weighted by molar-refractivity contribution is 0.600. The number of nitrogens with one attached hydrogen (secondary N) is 1. The molecule has 0 heterocycles. The number of sulfonamides is 1. The Bertz CT molecular complexity index is 847. The number of nitrogens with zero attached hydrogens (tertiary/aromatic N) is 1. The van der Waals surface area contributed by atoms with E-state index in [2.05, 4.69) is 4.72 Å². The van der Waals surface area contributed by atoms with E-state index in [1.54, 1.807) is 0 Å². The molecule has 0 aromatic heterocycles. The maximum Gasteiger partial charge on any atom is 0.263 e. The average Bonchev–Trinajstić information content (AvgIpc) is 2.40. The van der Waals surface area contributed by atoms with Crippen LogP contribution in [0.3, 0.4) is 0 Å². The summed E-state index contributed by atoms with van der Waals surface area (Å²) in [6, 6.07) is 8.95. The van der Waals surface area contributed by atoms with Crippen molar-refractivity contribution in [2.75, 3.05) is 10.5 Å². The molecule has 2 aromatic carbocycles. The first-order valence-corrected chi connectivity index (χ1v) is 7.47. The Morgan fingerprint density at radius 2 is 1.95 bits per heavy atom. The second kappa shape index (κ2) is 5.60. The lowest BCUT2D eigenvalue weighted by Crippen LogP contribution is -2.15. The van der Waals surface area contributed by atoms with Gasteiger partial charge in [-0.1, -0.05) is 11.6 Å². The molecule has 3 N–H and O–H groups in total. The van der Waals surface area contributed by atoms with Crippen molar-refractivity contribution in [1.29, 1.82) is 5.26 Å². The van der Waals surface area contributed by atoms with Gasteiger partial charge in [0.05, 0.1) is 28.0 Å². The zero-order valence-corrected chi connectivity index (χ0v) is 12.0. The normalized spacial score (nSPS) is 10.9. The largest absolute Gasteiger partial charge is 0.398 e. The molecule has 0 saturated carbocycles. The molecule has 0 radical (unpaired) electrons. The topological polar surface area (TPSA) is 96.0 Å². The number of nitrogen functional groups attached to an aromatic ring is 1. The highest BCUT2D eigenvalue weighted by molar-refractivity contribution is 7.92. The first-order chi connectivity index (χ1) is 9.83. The first-order valence-electron chi connectivity index (χ1n) is 5.61. The molecule has 0 saturated heterocycles. The standard InChI is InChI=1S/C13H9ClFN3O2S/c14-10-3-1-8(7-16)5-12(10)18-21(19,20)13-4-2-9(15)6-11(13)17/h1-6,18H,17H2. The fourth-order valence-corrected chi connectivity index (χ4v) is 3.04. The van der Waals surface area contributed by atoms with Crippen LogP contribution in [0, 0.1) is 17.1 Å². The van der Waals surface area contributed by atoms with E-state index in [1.807, 2.05) is 6.07 Å². The average molecular weight is 326 g/mol. The van der Waals surface area contributed by atoms with Gasteiger partial charge in [-0.25, -0.2) is 12.8 Å². The molecule has 0 amide bonds. The van der Waals surface area contributed by atoms with Crippen LogP contribution in [-0.2, 0) is 10.0 Å². The quantitative estimate of drug-likeness (QED) is 0.848. The summed E-state index contributed by atoms with van der Waals surface area (Å²) in [5, 5.41) is 8.93. The summed E-state index contributed by atoms with van der Waals surface area (Å²) in [6.07, 6.45) is 0. The molecular weight excluding hydrogens is 317 g/mol. The Labute approximate surface area is 125 Å². The first kappa shape index (κ1) is 15.1. The van der Waals surface area contributed by atoms with E-state index in [-0.39, 0.29) is 26.9 Å². The highest BCUT2D eigenvalue weighted by Crippen LogP contribution is 2.27. The van der Waals surface area contributed by atoms with Gasteiger partial charge in [-0.2, -0.15) is 5.26 Å².